The summed E-state index contributed by atoms with van der Waals surface area (Å²) in [5.41, 5.74) is 10.3. The van der Waals surface area contributed by atoms with Gasteiger partial charge in [0, 0.05) is 18.8 Å². The maximum atomic E-state index is 12.5. The fraction of sp³-hybridized carbons (Fsp3) is 0.409. The van der Waals surface area contributed by atoms with Crippen molar-refractivity contribution in [3.8, 4) is 0 Å². The minimum atomic E-state index is 0.225. The zero-order valence-corrected chi connectivity index (χ0v) is 15.1. The van der Waals surface area contributed by atoms with Crippen molar-refractivity contribution in [3.05, 3.63) is 65.2 Å². The summed E-state index contributed by atoms with van der Waals surface area (Å²) in [5.74, 6) is 0.959. The number of hydrogen-bond donors (Lipinski definition) is 1. The minimum absolute atomic E-state index is 0.225. The van der Waals surface area contributed by atoms with Gasteiger partial charge in [-0.05, 0) is 61.8 Å². The largest absolute Gasteiger partial charge is 0.399 e. The van der Waals surface area contributed by atoms with Gasteiger partial charge in [-0.1, -0.05) is 42.0 Å². The summed E-state index contributed by atoms with van der Waals surface area (Å²) in [6.07, 6.45) is 5.06. The highest BCUT2D eigenvalue weighted by atomic mass is 16.2. The third-order valence-corrected chi connectivity index (χ3v) is 5.24. The molecule has 2 aromatic carbocycles. The van der Waals surface area contributed by atoms with Gasteiger partial charge in [-0.25, -0.2) is 0 Å². The lowest BCUT2D eigenvalue weighted by Crippen LogP contribution is -2.39. The van der Waals surface area contributed by atoms with E-state index in [1.54, 1.807) is 0 Å². The second-order valence-corrected chi connectivity index (χ2v) is 7.27. The molecule has 1 aliphatic rings. The van der Waals surface area contributed by atoms with Crippen molar-refractivity contribution >= 4 is 11.6 Å². The number of hydrogen-bond acceptors (Lipinski definition) is 2. The van der Waals surface area contributed by atoms with Crippen LogP contribution in [0.5, 0.6) is 0 Å². The van der Waals surface area contributed by atoms with E-state index in [9.17, 15) is 4.79 Å². The van der Waals surface area contributed by atoms with E-state index in [2.05, 4.69) is 31.2 Å². The van der Waals surface area contributed by atoms with Gasteiger partial charge >= 0.3 is 0 Å². The summed E-state index contributed by atoms with van der Waals surface area (Å²) >= 11 is 0. The highest BCUT2D eigenvalue weighted by Gasteiger charge is 2.22. The van der Waals surface area contributed by atoms with Gasteiger partial charge in [0.1, 0.15) is 0 Å². The Labute approximate surface area is 150 Å². The highest BCUT2D eigenvalue weighted by molar-refractivity contribution is 5.79. The van der Waals surface area contributed by atoms with Gasteiger partial charge < -0.3 is 10.6 Å². The van der Waals surface area contributed by atoms with Crippen molar-refractivity contribution in [2.75, 3.05) is 18.8 Å². The molecule has 3 nitrogen and oxygen atoms in total. The molecule has 0 bridgehead atoms. The number of rotatable bonds is 5. The van der Waals surface area contributed by atoms with Crippen molar-refractivity contribution in [1.29, 1.82) is 0 Å². The number of anilines is 1. The third kappa shape index (κ3) is 5.09. The molecular weight excluding hydrogens is 308 g/mol. The molecule has 0 unspecified atom stereocenters. The first-order valence-electron chi connectivity index (χ1n) is 9.28. The lowest BCUT2D eigenvalue weighted by atomic mass is 9.90. The van der Waals surface area contributed by atoms with Crippen LogP contribution in [0.2, 0.25) is 0 Å². The van der Waals surface area contributed by atoms with E-state index in [4.69, 9.17) is 5.73 Å². The van der Waals surface area contributed by atoms with Gasteiger partial charge in [0.25, 0.3) is 0 Å². The SMILES string of the molecule is Cc1ccc(CCC2CCN(C(=O)Cc3cccc(N)c3)CC2)cc1. The Bertz CT molecular complexity index is 700. The topological polar surface area (TPSA) is 46.3 Å². The van der Waals surface area contributed by atoms with Crippen LogP contribution in [-0.4, -0.2) is 23.9 Å². The molecule has 25 heavy (non-hydrogen) atoms. The van der Waals surface area contributed by atoms with Crippen LogP contribution in [0.25, 0.3) is 0 Å². The lowest BCUT2D eigenvalue weighted by molar-refractivity contribution is -0.131. The molecule has 0 saturated carbocycles. The van der Waals surface area contributed by atoms with Crippen molar-refractivity contribution < 1.29 is 4.79 Å². The normalized spacial score (nSPS) is 15.3. The predicted octanol–water partition coefficient (Wildman–Crippen LogP) is 3.99. The molecule has 1 heterocycles. The number of carbonyl (C=O) groups is 1. The Morgan fingerprint density at radius 3 is 2.48 bits per heavy atom. The van der Waals surface area contributed by atoms with Crippen molar-refractivity contribution in [3.63, 3.8) is 0 Å². The van der Waals surface area contributed by atoms with E-state index in [-0.39, 0.29) is 5.91 Å². The molecule has 2 aromatic rings. The lowest BCUT2D eigenvalue weighted by Gasteiger charge is -2.32. The third-order valence-electron chi connectivity index (χ3n) is 5.24. The van der Waals surface area contributed by atoms with Crippen molar-refractivity contribution in [2.24, 2.45) is 5.92 Å². The second kappa shape index (κ2) is 8.19. The molecule has 3 heteroatoms. The molecule has 1 fully saturated rings. The number of piperidine rings is 1. The molecule has 2 N–H and O–H groups in total. The van der Waals surface area contributed by atoms with Gasteiger partial charge in [-0.3, -0.25) is 4.79 Å². The second-order valence-electron chi connectivity index (χ2n) is 7.27. The number of benzene rings is 2. The van der Waals surface area contributed by atoms with Crippen LogP contribution in [0.1, 0.15) is 36.0 Å². The zero-order valence-electron chi connectivity index (χ0n) is 15.1. The Hall–Kier alpha value is -2.29. The van der Waals surface area contributed by atoms with Gasteiger partial charge in [-0.15, -0.1) is 0 Å². The van der Waals surface area contributed by atoms with Crippen LogP contribution in [0.4, 0.5) is 5.69 Å². The van der Waals surface area contributed by atoms with Crippen LogP contribution >= 0.6 is 0 Å². The summed E-state index contributed by atoms with van der Waals surface area (Å²) in [6, 6.07) is 16.5. The maximum absolute atomic E-state index is 12.5. The molecule has 1 aliphatic heterocycles. The minimum Gasteiger partial charge on any atom is -0.399 e. The smallest absolute Gasteiger partial charge is 0.226 e. The number of nitrogens with two attached hydrogens (primary N) is 1. The van der Waals surface area contributed by atoms with E-state index in [1.165, 1.54) is 17.5 Å². The van der Waals surface area contributed by atoms with E-state index in [1.807, 2.05) is 29.2 Å². The summed E-state index contributed by atoms with van der Waals surface area (Å²) in [6.45, 7) is 3.90. The molecule has 132 valence electrons. The summed E-state index contributed by atoms with van der Waals surface area (Å²) < 4.78 is 0. The van der Waals surface area contributed by atoms with Crippen LogP contribution in [0, 0.1) is 12.8 Å². The summed E-state index contributed by atoms with van der Waals surface area (Å²) in [4.78, 5) is 14.5. The molecule has 1 amide bonds. The molecule has 0 aromatic heterocycles. The molecule has 0 aliphatic carbocycles. The summed E-state index contributed by atoms with van der Waals surface area (Å²) in [5, 5.41) is 0. The molecule has 1 saturated heterocycles. The van der Waals surface area contributed by atoms with E-state index >= 15 is 0 Å². The molecule has 0 radical (unpaired) electrons. The number of amides is 1. The fourth-order valence-corrected chi connectivity index (χ4v) is 3.59. The first kappa shape index (κ1) is 17.5. The van der Waals surface area contributed by atoms with Gasteiger partial charge in [0.15, 0.2) is 0 Å². The average molecular weight is 336 g/mol. The number of nitrogens with zero attached hydrogens (tertiary/aromatic N) is 1. The first-order valence-corrected chi connectivity index (χ1v) is 9.28. The maximum Gasteiger partial charge on any atom is 0.226 e. The van der Waals surface area contributed by atoms with Gasteiger partial charge in [0.05, 0.1) is 6.42 Å². The number of aryl methyl sites for hydroxylation is 2. The van der Waals surface area contributed by atoms with Gasteiger partial charge in [0.2, 0.25) is 5.91 Å². The number of likely N-dealkylation sites (tertiary alicyclic amines) is 1. The monoisotopic (exact) mass is 336 g/mol. The number of nitrogen functional groups attached to an aromatic ring is 1. The standard InChI is InChI=1S/C22H28N2O/c1-17-5-7-18(8-6-17)9-10-19-11-13-24(14-12-19)22(25)16-20-3-2-4-21(23)15-20/h2-8,15,19H,9-14,16,23H2,1H3. The Balaban J connectivity index is 1.43. The summed E-state index contributed by atoms with van der Waals surface area (Å²) in [7, 11) is 0. The van der Waals surface area contributed by atoms with Crippen LogP contribution in [0.15, 0.2) is 48.5 Å². The Morgan fingerprint density at radius 2 is 1.80 bits per heavy atom. The van der Waals surface area contributed by atoms with Crippen LogP contribution in [0.3, 0.4) is 0 Å². The average Bonchev–Trinajstić information content (AvgIpc) is 2.62. The predicted molar refractivity (Wildman–Crippen MR) is 103 cm³/mol. The molecule has 0 spiro atoms. The van der Waals surface area contributed by atoms with Crippen LogP contribution in [-0.2, 0) is 17.6 Å². The molecule has 3 rings (SSSR count). The van der Waals surface area contributed by atoms with Gasteiger partial charge in [-0.2, -0.15) is 0 Å². The van der Waals surface area contributed by atoms with Crippen molar-refractivity contribution in [1.82, 2.24) is 4.90 Å². The first-order chi connectivity index (χ1) is 12.1. The van der Waals surface area contributed by atoms with E-state index < -0.39 is 0 Å². The zero-order chi connectivity index (χ0) is 17.6. The van der Waals surface area contributed by atoms with E-state index in [0.29, 0.717) is 6.42 Å². The molecule has 0 atom stereocenters. The number of carbonyl (C=O) groups excluding carboxylic acids is 1. The van der Waals surface area contributed by atoms with Crippen LogP contribution < -0.4 is 5.73 Å². The Morgan fingerprint density at radius 1 is 1.08 bits per heavy atom. The van der Waals surface area contributed by atoms with E-state index in [0.717, 1.165) is 49.5 Å². The molecular formula is C22H28N2O. The van der Waals surface area contributed by atoms with Crippen molar-refractivity contribution in [2.45, 2.75) is 39.0 Å². The Kier molecular flexibility index (Phi) is 5.75. The quantitative estimate of drug-likeness (QED) is 0.839. The fourth-order valence-electron chi connectivity index (χ4n) is 3.59. The highest BCUT2D eigenvalue weighted by Crippen LogP contribution is 2.23.